The molecule has 0 bridgehead atoms. The molecule has 2 aliphatic heterocycles. The average molecular weight is 424 g/mol. The van der Waals surface area contributed by atoms with E-state index in [0.29, 0.717) is 31.9 Å². The first kappa shape index (κ1) is 20.2. The van der Waals surface area contributed by atoms with Gasteiger partial charge in [-0.15, -0.1) is 0 Å². The molecule has 2 saturated heterocycles. The van der Waals surface area contributed by atoms with Crippen LogP contribution in [0.2, 0.25) is 0 Å². The van der Waals surface area contributed by atoms with Crippen molar-refractivity contribution in [3.8, 4) is 0 Å². The van der Waals surface area contributed by atoms with Crippen LogP contribution in [0.1, 0.15) is 69.5 Å². The molecule has 4 heterocycles. The zero-order valence-corrected chi connectivity index (χ0v) is 18.0. The van der Waals surface area contributed by atoms with Crippen LogP contribution >= 0.6 is 0 Å². The van der Waals surface area contributed by atoms with Crippen molar-refractivity contribution in [2.75, 3.05) is 32.8 Å². The zero-order valence-electron chi connectivity index (χ0n) is 18.0. The van der Waals surface area contributed by atoms with Gasteiger partial charge in [-0.1, -0.05) is 0 Å². The first-order valence-electron chi connectivity index (χ1n) is 11.3. The Kier molecular flexibility index (Phi) is 5.48. The van der Waals surface area contributed by atoms with Crippen molar-refractivity contribution in [3.05, 3.63) is 46.5 Å². The number of amides is 2. The van der Waals surface area contributed by atoms with Crippen LogP contribution in [0, 0.1) is 0 Å². The molecular weight excluding hydrogens is 394 g/mol. The number of hydrogen-bond acceptors (Lipinski definition) is 5. The van der Waals surface area contributed by atoms with Gasteiger partial charge in [-0.25, -0.2) is 0 Å². The molecule has 31 heavy (non-hydrogen) atoms. The van der Waals surface area contributed by atoms with Gasteiger partial charge in [0, 0.05) is 38.4 Å². The lowest BCUT2D eigenvalue weighted by Gasteiger charge is -2.27. The number of morpholine rings is 1. The van der Waals surface area contributed by atoms with Crippen LogP contribution in [0.5, 0.6) is 0 Å². The zero-order chi connectivity index (χ0) is 21.4. The van der Waals surface area contributed by atoms with E-state index in [4.69, 9.17) is 4.74 Å². The summed E-state index contributed by atoms with van der Waals surface area (Å²) >= 11 is 0. The minimum Gasteiger partial charge on any atom is -0.378 e. The summed E-state index contributed by atoms with van der Waals surface area (Å²) < 4.78 is 7.10. The summed E-state index contributed by atoms with van der Waals surface area (Å²) in [5.41, 5.74) is 4.38. The third-order valence-electron chi connectivity index (χ3n) is 6.71. The first-order valence-corrected chi connectivity index (χ1v) is 11.3. The molecule has 2 aromatic heterocycles. The molecule has 0 aromatic carbocycles. The van der Waals surface area contributed by atoms with Gasteiger partial charge in [-0.2, -0.15) is 5.10 Å². The number of fused-ring (bicyclic) bond motifs is 1. The molecule has 0 N–H and O–H groups in total. The van der Waals surface area contributed by atoms with Crippen LogP contribution in [-0.4, -0.2) is 69.2 Å². The van der Waals surface area contributed by atoms with Gasteiger partial charge in [0.2, 0.25) is 0 Å². The Hall–Kier alpha value is -2.74. The van der Waals surface area contributed by atoms with Crippen LogP contribution in [0.4, 0.5) is 0 Å². The maximum Gasteiger partial charge on any atom is 0.272 e. The number of carbonyl (C=O) groups is 2. The van der Waals surface area contributed by atoms with Gasteiger partial charge in [0.1, 0.15) is 5.69 Å². The summed E-state index contributed by atoms with van der Waals surface area (Å²) in [6.07, 6.45) is 7.63. The fraction of sp³-hybridized carbons (Fsp3) is 0.565. The molecule has 164 valence electrons. The van der Waals surface area contributed by atoms with Crippen molar-refractivity contribution in [2.45, 2.75) is 44.6 Å². The third kappa shape index (κ3) is 3.73. The summed E-state index contributed by atoms with van der Waals surface area (Å²) in [5.74, 6) is 0.0409. The van der Waals surface area contributed by atoms with Gasteiger partial charge in [-0.05, 0) is 50.7 Å². The molecule has 1 atom stereocenters. The highest BCUT2D eigenvalue weighted by atomic mass is 16.5. The van der Waals surface area contributed by atoms with Crippen molar-refractivity contribution in [1.82, 2.24) is 24.6 Å². The van der Waals surface area contributed by atoms with Crippen molar-refractivity contribution >= 4 is 11.8 Å². The largest absolute Gasteiger partial charge is 0.378 e. The van der Waals surface area contributed by atoms with Crippen LogP contribution in [0.15, 0.2) is 18.3 Å². The topological polar surface area (TPSA) is 80.6 Å². The Morgan fingerprint density at radius 3 is 2.61 bits per heavy atom. The van der Waals surface area contributed by atoms with E-state index in [1.807, 2.05) is 24.1 Å². The molecule has 0 spiro atoms. The number of aryl methyl sites for hydroxylation is 2. The van der Waals surface area contributed by atoms with Gasteiger partial charge in [0.25, 0.3) is 11.8 Å². The first-order chi connectivity index (χ1) is 15.1. The Balaban J connectivity index is 1.35. The van der Waals surface area contributed by atoms with Gasteiger partial charge in [0.05, 0.1) is 36.2 Å². The second-order valence-corrected chi connectivity index (χ2v) is 8.64. The van der Waals surface area contributed by atoms with E-state index in [9.17, 15) is 9.59 Å². The fourth-order valence-electron chi connectivity index (χ4n) is 5.08. The molecule has 3 aliphatic rings. The van der Waals surface area contributed by atoms with Crippen molar-refractivity contribution in [2.24, 2.45) is 7.05 Å². The smallest absolute Gasteiger partial charge is 0.272 e. The van der Waals surface area contributed by atoms with Crippen LogP contribution in [0.25, 0.3) is 0 Å². The number of nitrogens with zero attached hydrogens (tertiary/aromatic N) is 5. The maximum absolute atomic E-state index is 13.5. The van der Waals surface area contributed by atoms with Crippen molar-refractivity contribution < 1.29 is 14.3 Å². The highest BCUT2D eigenvalue weighted by molar-refractivity contribution is 5.95. The third-order valence-corrected chi connectivity index (χ3v) is 6.71. The lowest BCUT2D eigenvalue weighted by molar-refractivity contribution is 0.0302. The standard InChI is InChI=1S/C23H29N5O3/c1-26-21(17-5-2-3-6-18(17)25-26)23(30)28-10-4-7-20(28)19-9-8-16(15-24-19)22(29)27-11-13-31-14-12-27/h8-9,15,20H,2-7,10-14H2,1H3/t20-/m0/s1. The maximum atomic E-state index is 13.5. The Morgan fingerprint density at radius 2 is 1.84 bits per heavy atom. The number of carbonyl (C=O) groups excluding carboxylic acids is 2. The van der Waals surface area contributed by atoms with E-state index in [2.05, 4.69) is 10.1 Å². The number of aromatic nitrogens is 3. The monoisotopic (exact) mass is 423 g/mol. The van der Waals surface area contributed by atoms with Gasteiger partial charge < -0.3 is 14.5 Å². The predicted molar refractivity (Wildman–Crippen MR) is 114 cm³/mol. The summed E-state index contributed by atoms with van der Waals surface area (Å²) in [5, 5.41) is 4.62. The summed E-state index contributed by atoms with van der Waals surface area (Å²) in [4.78, 5) is 34.6. The molecule has 2 aromatic rings. The van der Waals surface area contributed by atoms with Crippen molar-refractivity contribution in [3.63, 3.8) is 0 Å². The second-order valence-electron chi connectivity index (χ2n) is 8.64. The van der Waals surface area contributed by atoms with E-state index < -0.39 is 0 Å². The van der Waals surface area contributed by atoms with E-state index in [-0.39, 0.29) is 17.9 Å². The Bertz CT molecular complexity index is 978. The molecule has 0 radical (unpaired) electrons. The van der Waals surface area contributed by atoms with E-state index in [0.717, 1.165) is 67.7 Å². The normalized spacial score (nSPS) is 21.3. The minimum atomic E-state index is -0.0609. The minimum absolute atomic E-state index is 0.0109. The molecule has 2 fully saturated rings. The summed E-state index contributed by atoms with van der Waals surface area (Å²) in [7, 11) is 1.88. The quantitative estimate of drug-likeness (QED) is 0.756. The van der Waals surface area contributed by atoms with Crippen LogP contribution < -0.4 is 0 Å². The number of likely N-dealkylation sites (tertiary alicyclic amines) is 1. The average Bonchev–Trinajstić information content (AvgIpc) is 3.43. The fourth-order valence-corrected chi connectivity index (χ4v) is 5.08. The molecular formula is C23H29N5O3. The number of ether oxygens (including phenoxy) is 1. The molecule has 0 saturated carbocycles. The second kappa shape index (κ2) is 8.42. The van der Waals surface area contributed by atoms with Crippen LogP contribution in [0.3, 0.4) is 0 Å². The summed E-state index contributed by atoms with van der Waals surface area (Å²) in [6.45, 7) is 3.10. The number of pyridine rings is 1. The van der Waals surface area contributed by atoms with Gasteiger partial charge in [-0.3, -0.25) is 19.3 Å². The Labute approximate surface area is 182 Å². The van der Waals surface area contributed by atoms with Crippen molar-refractivity contribution in [1.29, 1.82) is 0 Å². The van der Waals surface area contributed by atoms with E-state index >= 15 is 0 Å². The lowest BCUT2D eigenvalue weighted by atomic mass is 9.95. The summed E-state index contributed by atoms with van der Waals surface area (Å²) in [6, 6.07) is 3.68. The molecule has 0 unspecified atom stereocenters. The molecule has 8 heteroatoms. The predicted octanol–water partition coefficient (Wildman–Crippen LogP) is 2.14. The molecule has 1 aliphatic carbocycles. The molecule has 8 nitrogen and oxygen atoms in total. The van der Waals surface area contributed by atoms with E-state index in [1.54, 1.807) is 15.8 Å². The Morgan fingerprint density at radius 1 is 1.03 bits per heavy atom. The highest BCUT2D eigenvalue weighted by Crippen LogP contribution is 2.34. The number of rotatable bonds is 3. The lowest BCUT2D eigenvalue weighted by Crippen LogP contribution is -2.40. The van der Waals surface area contributed by atoms with Gasteiger partial charge in [0.15, 0.2) is 0 Å². The van der Waals surface area contributed by atoms with Gasteiger partial charge >= 0.3 is 0 Å². The number of hydrogen-bond donors (Lipinski definition) is 0. The molecule has 2 amide bonds. The SMILES string of the molecule is Cn1nc2c(c1C(=O)N1CCC[C@H]1c1ccc(C(=O)N3CCOCC3)cn1)CCCC2. The molecule has 5 rings (SSSR count). The van der Waals surface area contributed by atoms with Crippen LogP contribution in [-0.2, 0) is 24.6 Å². The van der Waals surface area contributed by atoms with E-state index in [1.165, 1.54) is 0 Å². The highest BCUT2D eigenvalue weighted by Gasteiger charge is 2.35.